The molecule has 20 heavy (non-hydrogen) atoms. The van der Waals surface area contributed by atoms with Crippen LogP contribution in [0.2, 0.25) is 0 Å². The second kappa shape index (κ2) is 6.06. The van der Waals surface area contributed by atoms with Gasteiger partial charge in [-0.05, 0) is 24.3 Å². The number of esters is 1. The fourth-order valence-electron chi connectivity index (χ4n) is 1.79. The van der Waals surface area contributed by atoms with E-state index in [4.69, 9.17) is 5.73 Å². The van der Waals surface area contributed by atoms with Gasteiger partial charge in [0.1, 0.15) is 5.82 Å². The van der Waals surface area contributed by atoms with E-state index in [0.29, 0.717) is 22.5 Å². The average Bonchev–Trinajstić information content (AvgIpc) is 2.47. The van der Waals surface area contributed by atoms with Gasteiger partial charge < -0.3 is 15.8 Å². The van der Waals surface area contributed by atoms with E-state index in [1.807, 2.05) is 0 Å². The third-order valence-electron chi connectivity index (χ3n) is 2.90. The number of carbonyl (C=O) groups is 1. The molecule has 4 nitrogen and oxygen atoms in total. The molecule has 0 aliphatic carbocycles. The number of carbonyl (C=O) groups excluding carboxylic acids is 1. The number of hydrogen-bond acceptors (Lipinski definition) is 4. The van der Waals surface area contributed by atoms with Gasteiger partial charge in [-0.25, -0.2) is 9.18 Å². The van der Waals surface area contributed by atoms with Crippen molar-refractivity contribution in [2.24, 2.45) is 0 Å². The summed E-state index contributed by atoms with van der Waals surface area (Å²) in [5.41, 5.74) is 7.78. The summed E-state index contributed by atoms with van der Waals surface area (Å²) in [6.07, 6.45) is 0. The third kappa shape index (κ3) is 3.06. The lowest BCUT2D eigenvalue weighted by Gasteiger charge is -2.11. The molecule has 5 heteroatoms. The highest BCUT2D eigenvalue weighted by Gasteiger charge is 2.09. The van der Waals surface area contributed by atoms with Gasteiger partial charge in [-0.15, -0.1) is 0 Å². The molecular formula is C15H15FN2O2. The Hall–Kier alpha value is -2.56. The molecule has 0 aliphatic rings. The lowest BCUT2D eigenvalue weighted by Crippen LogP contribution is -2.07. The summed E-state index contributed by atoms with van der Waals surface area (Å²) in [5, 5.41) is 3.02. The Labute approximate surface area is 116 Å². The molecule has 0 atom stereocenters. The van der Waals surface area contributed by atoms with Crippen LogP contribution in [-0.2, 0) is 11.3 Å². The van der Waals surface area contributed by atoms with Crippen molar-refractivity contribution in [3.63, 3.8) is 0 Å². The smallest absolute Gasteiger partial charge is 0.337 e. The molecule has 0 aliphatic heterocycles. The molecule has 0 fully saturated rings. The van der Waals surface area contributed by atoms with Crippen LogP contribution in [0, 0.1) is 5.82 Å². The zero-order chi connectivity index (χ0) is 14.5. The van der Waals surface area contributed by atoms with Crippen LogP contribution in [0.5, 0.6) is 0 Å². The number of hydrogen-bond donors (Lipinski definition) is 2. The summed E-state index contributed by atoms with van der Waals surface area (Å²) in [7, 11) is 1.31. The minimum atomic E-state index is -0.445. The molecule has 2 aromatic rings. The Balaban J connectivity index is 2.17. The number of nitrogen functional groups attached to an aromatic ring is 1. The van der Waals surface area contributed by atoms with Gasteiger partial charge in [0.25, 0.3) is 0 Å². The van der Waals surface area contributed by atoms with Gasteiger partial charge >= 0.3 is 5.97 Å². The Morgan fingerprint density at radius 2 is 2.05 bits per heavy atom. The van der Waals surface area contributed by atoms with Gasteiger partial charge in [0.2, 0.25) is 0 Å². The average molecular weight is 274 g/mol. The SMILES string of the molecule is COC(=O)c1ccc(N)c(NCc2ccccc2F)c1. The number of nitrogens with two attached hydrogens (primary N) is 1. The first-order chi connectivity index (χ1) is 9.61. The Kier molecular flexibility index (Phi) is 4.20. The fourth-order valence-corrected chi connectivity index (χ4v) is 1.79. The van der Waals surface area contributed by atoms with E-state index in [1.165, 1.54) is 13.2 Å². The first kappa shape index (κ1) is 13.9. The lowest BCUT2D eigenvalue weighted by molar-refractivity contribution is 0.0601. The first-order valence-corrected chi connectivity index (χ1v) is 6.07. The van der Waals surface area contributed by atoms with Crippen LogP contribution in [0.1, 0.15) is 15.9 Å². The van der Waals surface area contributed by atoms with E-state index in [1.54, 1.807) is 36.4 Å². The molecule has 0 saturated carbocycles. The van der Waals surface area contributed by atoms with Crippen molar-refractivity contribution in [3.05, 3.63) is 59.4 Å². The van der Waals surface area contributed by atoms with Crippen LogP contribution in [0.25, 0.3) is 0 Å². The topological polar surface area (TPSA) is 64.3 Å². The fraction of sp³-hybridized carbons (Fsp3) is 0.133. The van der Waals surface area contributed by atoms with Crippen LogP contribution in [0.15, 0.2) is 42.5 Å². The number of ether oxygens (including phenoxy) is 1. The summed E-state index contributed by atoms with van der Waals surface area (Å²) in [5.74, 6) is -0.735. The van der Waals surface area contributed by atoms with Crippen molar-refractivity contribution in [2.45, 2.75) is 6.54 Å². The van der Waals surface area contributed by atoms with Crippen molar-refractivity contribution in [1.29, 1.82) is 0 Å². The van der Waals surface area contributed by atoms with Crippen molar-refractivity contribution < 1.29 is 13.9 Å². The second-order valence-electron chi connectivity index (χ2n) is 4.24. The summed E-state index contributed by atoms with van der Waals surface area (Å²) in [6, 6.07) is 11.2. The molecule has 0 aromatic heterocycles. The monoisotopic (exact) mass is 274 g/mol. The maximum atomic E-state index is 13.5. The number of benzene rings is 2. The van der Waals surface area contributed by atoms with E-state index >= 15 is 0 Å². The predicted molar refractivity (Wildman–Crippen MR) is 75.9 cm³/mol. The molecule has 0 heterocycles. The Morgan fingerprint density at radius 1 is 1.30 bits per heavy atom. The molecule has 3 N–H and O–H groups in total. The van der Waals surface area contributed by atoms with Crippen molar-refractivity contribution >= 4 is 17.3 Å². The molecule has 0 unspecified atom stereocenters. The van der Waals surface area contributed by atoms with Gasteiger partial charge in [-0.1, -0.05) is 18.2 Å². The van der Waals surface area contributed by atoms with Crippen molar-refractivity contribution in [2.75, 3.05) is 18.2 Å². The van der Waals surface area contributed by atoms with Crippen LogP contribution in [-0.4, -0.2) is 13.1 Å². The number of halogens is 1. The van der Waals surface area contributed by atoms with Crippen molar-refractivity contribution in [3.8, 4) is 0 Å². The van der Waals surface area contributed by atoms with E-state index in [9.17, 15) is 9.18 Å². The molecule has 0 bridgehead atoms. The zero-order valence-electron chi connectivity index (χ0n) is 11.0. The summed E-state index contributed by atoms with van der Waals surface area (Å²) in [4.78, 5) is 11.5. The summed E-state index contributed by atoms with van der Waals surface area (Å²) >= 11 is 0. The standard InChI is InChI=1S/C15H15FN2O2/c1-20-15(19)10-6-7-13(17)14(8-10)18-9-11-4-2-3-5-12(11)16/h2-8,18H,9,17H2,1H3. The molecular weight excluding hydrogens is 259 g/mol. The van der Waals surface area contributed by atoms with E-state index in [-0.39, 0.29) is 12.4 Å². The number of methoxy groups -OCH3 is 1. The molecule has 0 saturated heterocycles. The van der Waals surface area contributed by atoms with Crippen LogP contribution >= 0.6 is 0 Å². The first-order valence-electron chi connectivity index (χ1n) is 6.07. The maximum absolute atomic E-state index is 13.5. The molecule has 0 amide bonds. The minimum absolute atomic E-state index is 0.279. The summed E-state index contributed by atoms with van der Waals surface area (Å²) in [6.45, 7) is 0.279. The quantitative estimate of drug-likeness (QED) is 0.664. The largest absolute Gasteiger partial charge is 0.465 e. The van der Waals surface area contributed by atoms with Gasteiger partial charge in [-0.2, -0.15) is 0 Å². The molecule has 104 valence electrons. The predicted octanol–water partition coefficient (Wildman–Crippen LogP) is 2.81. The number of anilines is 2. The van der Waals surface area contributed by atoms with Crippen molar-refractivity contribution in [1.82, 2.24) is 0 Å². The van der Waals surface area contributed by atoms with Gasteiger partial charge in [-0.3, -0.25) is 0 Å². The van der Waals surface area contributed by atoms with E-state index in [0.717, 1.165) is 0 Å². The number of rotatable bonds is 4. The summed E-state index contributed by atoms with van der Waals surface area (Å²) < 4.78 is 18.2. The van der Waals surface area contributed by atoms with E-state index in [2.05, 4.69) is 10.1 Å². The molecule has 2 rings (SSSR count). The highest BCUT2D eigenvalue weighted by atomic mass is 19.1. The zero-order valence-corrected chi connectivity index (χ0v) is 11.0. The van der Waals surface area contributed by atoms with E-state index < -0.39 is 5.97 Å². The third-order valence-corrected chi connectivity index (χ3v) is 2.90. The number of nitrogens with one attached hydrogen (secondary N) is 1. The molecule has 0 radical (unpaired) electrons. The highest BCUT2D eigenvalue weighted by molar-refractivity contribution is 5.91. The van der Waals surface area contributed by atoms with Gasteiger partial charge in [0, 0.05) is 12.1 Å². The van der Waals surface area contributed by atoms with Gasteiger partial charge in [0.15, 0.2) is 0 Å². The van der Waals surface area contributed by atoms with Crippen LogP contribution < -0.4 is 11.1 Å². The lowest BCUT2D eigenvalue weighted by atomic mass is 10.1. The van der Waals surface area contributed by atoms with Crippen LogP contribution in [0.4, 0.5) is 15.8 Å². The maximum Gasteiger partial charge on any atom is 0.337 e. The minimum Gasteiger partial charge on any atom is -0.465 e. The highest BCUT2D eigenvalue weighted by Crippen LogP contribution is 2.21. The Bertz CT molecular complexity index is 629. The van der Waals surface area contributed by atoms with Gasteiger partial charge in [0.05, 0.1) is 24.0 Å². The Morgan fingerprint density at radius 3 is 2.75 bits per heavy atom. The normalized spacial score (nSPS) is 10.1. The molecule has 0 spiro atoms. The van der Waals surface area contributed by atoms with Crippen LogP contribution in [0.3, 0.4) is 0 Å². The molecule has 2 aromatic carbocycles. The second-order valence-corrected chi connectivity index (χ2v) is 4.24.